The third-order valence-corrected chi connectivity index (χ3v) is 1.46. The van der Waals surface area contributed by atoms with Crippen molar-refractivity contribution in [1.29, 1.82) is 0 Å². The highest BCUT2D eigenvalue weighted by molar-refractivity contribution is 5.30. The van der Waals surface area contributed by atoms with Gasteiger partial charge in [0, 0.05) is 11.6 Å². The Morgan fingerprint density at radius 1 is 1.14 bits per heavy atom. The van der Waals surface area contributed by atoms with Crippen molar-refractivity contribution >= 4 is 0 Å². The predicted molar refractivity (Wildman–Crippen MR) is 37.8 cm³/mol. The van der Waals surface area contributed by atoms with Gasteiger partial charge in [0.05, 0.1) is 0 Å². The van der Waals surface area contributed by atoms with E-state index in [2.05, 4.69) is 4.74 Å². The molecule has 0 saturated heterocycles. The fourth-order valence-electron chi connectivity index (χ4n) is 0.858. The second-order valence-corrected chi connectivity index (χ2v) is 2.39. The molecule has 0 fully saturated rings. The molecule has 1 aromatic carbocycles. The van der Waals surface area contributed by atoms with E-state index in [-0.39, 0.29) is 0 Å². The Labute approximate surface area is 76.1 Å². The number of hydrogen-bond donors (Lipinski definition) is 0. The molecule has 1 nitrogen and oxygen atoms in total. The second-order valence-electron chi connectivity index (χ2n) is 2.39. The molecule has 1 aromatic rings. The minimum atomic E-state index is -3.25. The van der Waals surface area contributed by atoms with Crippen LogP contribution in [0, 0.1) is 11.6 Å². The molecule has 0 aliphatic rings. The van der Waals surface area contributed by atoms with Crippen molar-refractivity contribution in [3.63, 3.8) is 0 Å². The summed E-state index contributed by atoms with van der Waals surface area (Å²) in [5, 5.41) is 0. The predicted octanol–water partition coefficient (Wildman–Crippen LogP) is 3.04. The maximum atomic E-state index is 12.8. The highest BCUT2D eigenvalue weighted by atomic mass is 19.3. The summed E-state index contributed by atoms with van der Waals surface area (Å²) in [5.41, 5.74) is -0.538. The summed E-state index contributed by atoms with van der Waals surface area (Å²) >= 11 is 0. The molecule has 0 bridgehead atoms. The van der Waals surface area contributed by atoms with Crippen molar-refractivity contribution in [2.45, 2.75) is 13.3 Å². The van der Waals surface area contributed by atoms with Crippen molar-refractivity contribution in [2.75, 3.05) is 0 Å². The van der Waals surface area contributed by atoms with Gasteiger partial charge in [-0.1, -0.05) is 0 Å². The van der Waals surface area contributed by atoms with E-state index in [0.717, 1.165) is 0 Å². The highest BCUT2D eigenvalue weighted by Crippen LogP contribution is 2.23. The molecule has 14 heavy (non-hydrogen) atoms. The molecule has 0 spiro atoms. The summed E-state index contributed by atoms with van der Waals surface area (Å²) in [6.45, 7) is -4.46. The first-order valence-corrected chi connectivity index (χ1v) is 3.53. The van der Waals surface area contributed by atoms with Crippen molar-refractivity contribution in [2.24, 2.45) is 0 Å². The Morgan fingerprint density at radius 2 is 1.79 bits per heavy atom. The Balaban J connectivity index is 3.02. The third kappa shape index (κ3) is 2.34. The van der Waals surface area contributed by atoms with Gasteiger partial charge in [0.15, 0.2) is 11.6 Å². The molecular formula is C8H5F5O. The Bertz CT molecular complexity index is 326. The zero-order valence-corrected chi connectivity index (χ0v) is 6.74. The van der Waals surface area contributed by atoms with E-state index in [4.69, 9.17) is 0 Å². The minimum absolute atomic E-state index is 0.385. The van der Waals surface area contributed by atoms with Crippen LogP contribution in [0.3, 0.4) is 0 Å². The van der Waals surface area contributed by atoms with E-state index in [1.54, 1.807) is 0 Å². The maximum absolute atomic E-state index is 12.8. The number of rotatable bonds is 3. The summed E-state index contributed by atoms with van der Waals surface area (Å²) < 4.78 is 64.4. The second kappa shape index (κ2) is 4.26. The molecule has 0 aliphatic carbocycles. The van der Waals surface area contributed by atoms with E-state index in [0.29, 0.717) is 12.1 Å². The van der Waals surface area contributed by atoms with Crippen LogP contribution in [0.5, 0.6) is 5.75 Å². The first-order chi connectivity index (χ1) is 6.54. The van der Waals surface area contributed by atoms with Crippen LogP contribution >= 0.6 is 0 Å². The van der Waals surface area contributed by atoms with Gasteiger partial charge in [0.2, 0.25) is 0 Å². The number of hydrogen-bond acceptors (Lipinski definition) is 1. The van der Waals surface area contributed by atoms with Crippen LogP contribution in [0.15, 0.2) is 12.1 Å². The molecule has 0 aromatic heterocycles. The SMILES string of the molecule is FCc1cc(F)c(OC(F)F)cc1F. The summed E-state index contributed by atoms with van der Waals surface area (Å²) in [6, 6.07) is 0.865. The Kier molecular flexibility index (Phi) is 3.27. The van der Waals surface area contributed by atoms with Crippen LogP contribution in [-0.2, 0) is 6.67 Å². The number of alkyl halides is 3. The standard InChI is InChI=1S/C8H5F5O/c9-3-4-1-6(11)7(2-5(4)10)14-8(12)13/h1-2,8H,3H2. The average molecular weight is 212 g/mol. The van der Waals surface area contributed by atoms with E-state index >= 15 is 0 Å². The van der Waals surface area contributed by atoms with E-state index < -0.39 is 36.2 Å². The molecule has 0 radical (unpaired) electrons. The molecule has 6 heteroatoms. The molecule has 0 aliphatic heterocycles. The van der Waals surface area contributed by atoms with Crippen molar-refractivity contribution in [3.8, 4) is 5.75 Å². The van der Waals surface area contributed by atoms with E-state index in [9.17, 15) is 22.0 Å². The maximum Gasteiger partial charge on any atom is 0.387 e. The molecule has 0 N–H and O–H groups in total. The fraction of sp³-hybridized carbons (Fsp3) is 0.250. The van der Waals surface area contributed by atoms with Gasteiger partial charge in [-0.25, -0.2) is 13.2 Å². The van der Waals surface area contributed by atoms with Crippen LogP contribution in [0.4, 0.5) is 22.0 Å². The van der Waals surface area contributed by atoms with E-state index in [1.165, 1.54) is 0 Å². The monoisotopic (exact) mass is 212 g/mol. The largest absolute Gasteiger partial charge is 0.432 e. The van der Waals surface area contributed by atoms with Gasteiger partial charge in [-0.2, -0.15) is 8.78 Å². The van der Waals surface area contributed by atoms with Crippen molar-refractivity contribution < 1.29 is 26.7 Å². The van der Waals surface area contributed by atoms with Crippen molar-refractivity contribution in [3.05, 3.63) is 29.3 Å². The molecule has 78 valence electrons. The molecular weight excluding hydrogens is 207 g/mol. The molecule has 0 atom stereocenters. The van der Waals surface area contributed by atoms with Gasteiger partial charge >= 0.3 is 6.61 Å². The molecule has 0 saturated carbocycles. The third-order valence-electron chi connectivity index (χ3n) is 1.46. The average Bonchev–Trinajstić information content (AvgIpc) is 2.10. The molecule has 1 rings (SSSR count). The molecule has 0 heterocycles. The van der Waals surface area contributed by atoms with Gasteiger partial charge in [-0.15, -0.1) is 0 Å². The summed E-state index contributed by atoms with van der Waals surface area (Å²) in [7, 11) is 0. The highest BCUT2D eigenvalue weighted by Gasteiger charge is 2.14. The van der Waals surface area contributed by atoms with Gasteiger partial charge in [0.25, 0.3) is 0 Å². The van der Waals surface area contributed by atoms with Crippen LogP contribution < -0.4 is 4.74 Å². The van der Waals surface area contributed by atoms with Crippen LogP contribution in [-0.4, -0.2) is 6.61 Å². The lowest BCUT2D eigenvalue weighted by Gasteiger charge is -2.06. The quantitative estimate of drug-likeness (QED) is 0.699. The Hall–Kier alpha value is -1.33. The summed E-state index contributed by atoms with van der Waals surface area (Å²) in [5.74, 6) is -3.28. The van der Waals surface area contributed by atoms with E-state index in [1.807, 2.05) is 0 Å². The topological polar surface area (TPSA) is 9.23 Å². The van der Waals surface area contributed by atoms with Gasteiger partial charge < -0.3 is 4.74 Å². The number of ether oxygens (including phenoxy) is 1. The summed E-state index contributed by atoms with van der Waals surface area (Å²) in [4.78, 5) is 0. The van der Waals surface area contributed by atoms with Crippen molar-refractivity contribution in [1.82, 2.24) is 0 Å². The van der Waals surface area contributed by atoms with Gasteiger partial charge in [0.1, 0.15) is 12.5 Å². The van der Waals surface area contributed by atoms with Gasteiger partial charge in [-0.05, 0) is 6.07 Å². The number of benzene rings is 1. The van der Waals surface area contributed by atoms with Gasteiger partial charge in [-0.3, -0.25) is 0 Å². The number of halogens is 5. The zero-order valence-electron chi connectivity index (χ0n) is 6.74. The molecule has 0 amide bonds. The lowest BCUT2D eigenvalue weighted by molar-refractivity contribution is -0.0523. The van der Waals surface area contributed by atoms with Crippen LogP contribution in [0.1, 0.15) is 5.56 Å². The van der Waals surface area contributed by atoms with Crippen LogP contribution in [0.2, 0.25) is 0 Å². The first kappa shape index (κ1) is 10.7. The normalized spacial score (nSPS) is 10.7. The lowest BCUT2D eigenvalue weighted by Crippen LogP contribution is -2.05. The zero-order chi connectivity index (χ0) is 10.7. The Morgan fingerprint density at radius 3 is 2.29 bits per heavy atom. The lowest BCUT2D eigenvalue weighted by atomic mass is 10.2. The van der Waals surface area contributed by atoms with Crippen LogP contribution in [0.25, 0.3) is 0 Å². The smallest absolute Gasteiger partial charge is 0.387 e. The molecule has 0 unspecified atom stereocenters. The fourth-order valence-corrected chi connectivity index (χ4v) is 0.858. The minimum Gasteiger partial charge on any atom is -0.432 e. The summed E-state index contributed by atoms with van der Waals surface area (Å²) in [6.07, 6.45) is 0. The first-order valence-electron chi connectivity index (χ1n) is 3.53.